The van der Waals surface area contributed by atoms with E-state index in [4.69, 9.17) is 4.74 Å². The van der Waals surface area contributed by atoms with E-state index in [2.05, 4.69) is 14.7 Å². The first kappa shape index (κ1) is 15.4. The third kappa shape index (κ3) is 4.24. The lowest BCUT2D eigenvalue weighted by Gasteiger charge is -2.09. The van der Waals surface area contributed by atoms with Crippen LogP contribution in [0.25, 0.3) is 0 Å². The van der Waals surface area contributed by atoms with Crippen molar-refractivity contribution in [3.8, 4) is 0 Å². The highest BCUT2D eigenvalue weighted by atomic mass is 32.2. The first-order valence-electron chi connectivity index (χ1n) is 6.49. The van der Waals surface area contributed by atoms with Gasteiger partial charge < -0.3 is 4.74 Å². The van der Waals surface area contributed by atoms with Crippen LogP contribution in [-0.2, 0) is 21.4 Å². The lowest BCUT2D eigenvalue weighted by Crippen LogP contribution is -2.14. The zero-order valence-corrected chi connectivity index (χ0v) is 12.7. The number of ether oxygens (including phenoxy) is 1. The Bertz CT molecular complexity index is 700. The maximum atomic E-state index is 12.3. The van der Waals surface area contributed by atoms with Gasteiger partial charge in [-0.05, 0) is 31.5 Å². The molecule has 0 saturated carbocycles. The number of nitrogens with zero attached hydrogens (tertiary/aromatic N) is 2. The summed E-state index contributed by atoms with van der Waals surface area (Å²) in [6.07, 6.45) is 2.89. The molecule has 2 aromatic rings. The molecule has 1 aromatic carbocycles. The molecule has 0 atom stereocenters. The second kappa shape index (κ2) is 6.64. The first-order valence-corrected chi connectivity index (χ1v) is 7.98. The van der Waals surface area contributed by atoms with Crippen molar-refractivity contribution in [2.75, 3.05) is 11.3 Å². The van der Waals surface area contributed by atoms with E-state index < -0.39 is 10.0 Å². The van der Waals surface area contributed by atoms with Gasteiger partial charge in [-0.15, -0.1) is 0 Å². The summed E-state index contributed by atoms with van der Waals surface area (Å²) in [5, 5.41) is 0. The predicted octanol–water partition coefficient (Wildman–Crippen LogP) is 2.12. The third-order valence-electron chi connectivity index (χ3n) is 2.70. The summed E-state index contributed by atoms with van der Waals surface area (Å²) in [5.74, 6) is 0.191. The number of nitrogens with one attached hydrogen (secondary N) is 1. The summed E-state index contributed by atoms with van der Waals surface area (Å²) < 4.78 is 32.3. The Balaban J connectivity index is 2.20. The number of benzene rings is 1. The first-order chi connectivity index (χ1) is 10.0. The van der Waals surface area contributed by atoms with Crippen LogP contribution < -0.4 is 4.72 Å². The minimum Gasteiger partial charge on any atom is -0.377 e. The summed E-state index contributed by atoms with van der Waals surface area (Å²) in [6, 6.07) is 6.61. The van der Waals surface area contributed by atoms with Gasteiger partial charge in [0.1, 0.15) is 0 Å². The molecule has 0 aliphatic rings. The summed E-state index contributed by atoms with van der Waals surface area (Å²) >= 11 is 0. The van der Waals surface area contributed by atoms with Gasteiger partial charge in [-0.25, -0.2) is 13.4 Å². The summed E-state index contributed by atoms with van der Waals surface area (Å²) in [6.45, 7) is 4.62. The van der Waals surface area contributed by atoms with Crippen molar-refractivity contribution in [1.82, 2.24) is 9.97 Å². The van der Waals surface area contributed by atoms with Gasteiger partial charge in [-0.1, -0.05) is 12.1 Å². The quantitative estimate of drug-likeness (QED) is 0.884. The van der Waals surface area contributed by atoms with E-state index >= 15 is 0 Å². The van der Waals surface area contributed by atoms with E-state index in [-0.39, 0.29) is 10.7 Å². The number of sulfonamides is 1. The molecule has 6 nitrogen and oxygen atoms in total. The molecule has 0 spiro atoms. The Morgan fingerprint density at radius 1 is 1.24 bits per heavy atom. The maximum absolute atomic E-state index is 12.3. The Kier molecular flexibility index (Phi) is 4.87. The number of hydrogen-bond donors (Lipinski definition) is 1. The van der Waals surface area contributed by atoms with E-state index in [9.17, 15) is 8.42 Å². The molecule has 0 radical (unpaired) electrons. The van der Waals surface area contributed by atoms with Gasteiger partial charge in [-0.3, -0.25) is 9.71 Å². The van der Waals surface area contributed by atoms with Crippen molar-refractivity contribution in [3.63, 3.8) is 0 Å². The fourth-order valence-corrected chi connectivity index (χ4v) is 2.73. The second-order valence-corrected chi connectivity index (χ2v) is 6.12. The highest BCUT2D eigenvalue weighted by molar-refractivity contribution is 7.92. The second-order valence-electron chi connectivity index (χ2n) is 4.43. The molecule has 1 heterocycles. The third-order valence-corrected chi connectivity index (χ3v) is 4.05. The van der Waals surface area contributed by atoms with Crippen LogP contribution in [0.15, 0.2) is 41.6 Å². The highest BCUT2D eigenvalue weighted by Crippen LogP contribution is 2.16. The van der Waals surface area contributed by atoms with Crippen LogP contribution in [0.2, 0.25) is 0 Å². The Labute approximate surface area is 124 Å². The van der Waals surface area contributed by atoms with Gasteiger partial charge in [0, 0.05) is 6.61 Å². The van der Waals surface area contributed by atoms with Gasteiger partial charge in [0.25, 0.3) is 10.0 Å². The molecule has 1 N–H and O–H groups in total. The monoisotopic (exact) mass is 307 g/mol. The smallest absolute Gasteiger partial charge is 0.263 e. The van der Waals surface area contributed by atoms with Crippen molar-refractivity contribution in [1.29, 1.82) is 0 Å². The van der Waals surface area contributed by atoms with Gasteiger partial charge in [-0.2, -0.15) is 0 Å². The van der Waals surface area contributed by atoms with Gasteiger partial charge >= 0.3 is 0 Å². The van der Waals surface area contributed by atoms with Crippen LogP contribution in [0.1, 0.15) is 18.2 Å². The number of anilines is 1. The van der Waals surface area contributed by atoms with Crippen LogP contribution >= 0.6 is 0 Å². The topological polar surface area (TPSA) is 81.2 Å². The molecule has 112 valence electrons. The molecule has 0 fully saturated rings. The van der Waals surface area contributed by atoms with Crippen LogP contribution in [-0.4, -0.2) is 25.0 Å². The molecular weight excluding hydrogens is 290 g/mol. The number of hydrogen-bond acceptors (Lipinski definition) is 5. The zero-order valence-electron chi connectivity index (χ0n) is 11.9. The summed E-state index contributed by atoms with van der Waals surface area (Å²) in [4.78, 5) is 8.16. The number of aromatic nitrogens is 2. The average Bonchev–Trinajstić information content (AvgIpc) is 2.48. The fourth-order valence-electron chi connectivity index (χ4n) is 1.66. The largest absolute Gasteiger partial charge is 0.377 e. The van der Waals surface area contributed by atoms with Gasteiger partial charge in [0.15, 0.2) is 5.82 Å². The molecule has 21 heavy (non-hydrogen) atoms. The van der Waals surface area contributed by atoms with E-state index in [1.165, 1.54) is 18.5 Å². The standard InChI is InChI=1S/C14H17N3O3S/c1-3-20-10-12-5-4-6-13(7-12)21(18,19)17-14-9-15-11(2)8-16-14/h4-9H,3,10H2,1-2H3,(H,16,17). The van der Waals surface area contributed by atoms with E-state index in [1.807, 2.05) is 13.0 Å². The van der Waals surface area contributed by atoms with Crippen molar-refractivity contribution in [3.05, 3.63) is 47.9 Å². The SMILES string of the molecule is CCOCc1cccc(S(=O)(=O)Nc2cnc(C)cn2)c1. The van der Waals surface area contributed by atoms with Gasteiger partial charge in [0.05, 0.1) is 29.6 Å². The molecule has 0 saturated heterocycles. The zero-order chi connectivity index (χ0) is 15.3. The molecule has 0 aliphatic heterocycles. The number of aryl methyl sites for hydroxylation is 1. The van der Waals surface area contributed by atoms with Crippen LogP contribution in [0, 0.1) is 6.92 Å². The predicted molar refractivity (Wildman–Crippen MR) is 79.3 cm³/mol. The Morgan fingerprint density at radius 2 is 2.05 bits per heavy atom. The molecule has 2 rings (SSSR count). The molecule has 0 amide bonds. The van der Waals surface area contributed by atoms with E-state index in [0.717, 1.165) is 11.3 Å². The Morgan fingerprint density at radius 3 is 2.71 bits per heavy atom. The molecule has 0 unspecified atom stereocenters. The van der Waals surface area contributed by atoms with E-state index in [1.54, 1.807) is 19.1 Å². The molecule has 0 aliphatic carbocycles. The fraction of sp³-hybridized carbons (Fsp3) is 0.286. The van der Waals surface area contributed by atoms with Crippen molar-refractivity contribution in [2.24, 2.45) is 0 Å². The number of rotatable bonds is 6. The van der Waals surface area contributed by atoms with Crippen LogP contribution in [0.3, 0.4) is 0 Å². The molecule has 0 bridgehead atoms. The average molecular weight is 307 g/mol. The van der Waals surface area contributed by atoms with Crippen molar-refractivity contribution >= 4 is 15.8 Å². The Hall–Kier alpha value is -1.99. The van der Waals surface area contributed by atoms with Crippen LogP contribution in [0.5, 0.6) is 0 Å². The lowest BCUT2D eigenvalue weighted by atomic mass is 10.2. The van der Waals surface area contributed by atoms with Crippen LogP contribution in [0.4, 0.5) is 5.82 Å². The maximum Gasteiger partial charge on any atom is 0.263 e. The molecule has 1 aromatic heterocycles. The minimum atomic E-state index is -3.68. The van der Waals surface area contributed by atoms with Gasteiger partial charge in [0.2, 0.25) is 0 Å². The summed E-state index contributed by atoms with van der Waals surface area (Å²) in [7, 11) is -3.68. The summed E-state index contributed by atoms with van der Waals surface area (Å²) in [5.41, 5.74) is 1.52. The lowest BCUT2D eigenvalue weighted by molar-refractivity contribution is 0.134. The molecular formula is C14H17N3O3S. The normalized spacial score (nSPS) is 11.3. The van der Waals surface area contributed by atoms with E-state index in [0.29, 0.717) is 13.2 Å². The highest BCUT2D eigenvalue weighted by Gasteiger charge is 2.15. The van der Waals surface area contributed by atoms with Crippen molar-refractivity contribution in [2.45, 2.75) is 25.3 Å². The molecule has 7 heteroatoms. The van der Waals surface area contributed by atoms with Crippen molar-refractivity contribution < 1.29 is 13.2 Å². The minimum absolute atomic E-state index is 0.169.